The number of aromatic nitrogens is 1. The molecule has 0 saturated carbocycles. The topological polar surface area (TPSA) is 26.0 Å². The van der Waals surface area contributed by atoms with Crippen molar-refractivity contribution < 1.29 is 4.42 Å². The Morgan fingerprint density at radius 1 is 1.42 bits per heavy atom. The fourth-order valence-electron chi connectivity index (χ4n) is 0.793. The van der Waals surface area contributed by atoms with Crippen LogP contribution in [0.5, 0.6) is 0 Å². The van der Waals surface area contributed by atoms with Crippen LogP contribution in [0.4, 0.5) is 0 Å². The van der Waals surface area contributed by atoms with E-state index in [9.17, 15) is 0 Å². The van der Waals surface area contributed by atoms with E-state index >= 15 is 0 Å². The minimum absolute atomic E-state index is 0.837. The summed E-state index contributed by atoms with van der Waals surface area (Å²) in [6.07, 6.45) is 3.32. The molecule has 2 aromatic heterocycles. The number of hydrogen-bond acceptors (Lipinski definition) is 3. The predicted octanol–water partition coefficient (Wildman–Crippen LogP) is 3.93. The van der Waals surface area contributed by atoms with Gasteiger partial charge in [0.25, 0.3) is 0 Å². The third-order valence-corrected chi connectivity index (χ3v) is 4.44. The molecule has 0 N–H and O–H groups in total. The normalized spacial score (nSPS) is 10.5. The second-order valence-electron chi connectivity index (χ2n) is 2.10. The van der Waals surface area contributed by atoms with Crippen molar-refractivity contribution in [3.8, 4) is 10.6 Å². The average Bonchev–Trinajstić information content (AvgIpc) is 2.61. The fraction of sp³-hybridized carbons (Fsp3) is 0. The number of hydrogen-bond donors (Lipinski definition) is 0. The van der Waals surface area contributed by atoms with E-state index in [1.54, 1.807) is 23.9 Å². The molecule has 5 heteroatoms. The number of rotatable bonds is 1. The van der Waals surface area contributed by atoms with Gasteiger partial charge in [-0.05, 0) is 37.9 Å². The Morgan fingerprint density at radius 3 is 2.75 bits per heavy atom. The zero-order chi connectivity index (χ0) is 8.55. The molecule has 0 fully saturated rings. The summed E-state index contributed by atoms with van der Waals surface area (Å²) in [5.41, 5.74) is 1.01. The van der Waals surface area contributed by atoms with Gasteiger partial charge in [-0.3, -0.25) is 0 Å². The third-order valence-electron chi connectivity index (χ3n) is 1.32. The molecule has 12 heavy (non-hydrogen) atoms. The highest BCUT2D eigenvalue weighted by Crippen LogP contribution is 2.34. The number of halogens is 2. The first-order valence-corrected chi connectivity index (χ1v) is 5.52. The first kappa shape index (κ1) is 8.47. The molecular formula is C7H3Br2NOS. The Kier molecular flexibility index (Phi) is 2.34. The molecule has 2 rings (SSSR count). The molecule has 0 aliphatic rings. The Balaban J connectivity index is 2.48. The van der Waals surface area contributed by atoms with Crippen molar-refractivity contribution in [2.24, 2.45) is 0 Å². The van der Waals surface area contributed by atoms with Gasteiger partial charge in [-0.2, -0.15) is 0 Å². The number of furan rings is 1. The van der Waals surface area contributed by atoms with Crippen molar-refractivity contribution in [3.05, 3.63) is 27.0 Å². The summed E-state index contributed by atoms with van der Waals surface area (Å²) >= 11 is 8.27. The lowest BCUT2D eigenvalue weighted by Crippen LogP contribution is -1.68. The largest absolute Gasteiger partial charge is 0.472 e. The van der Waals surface area contributed by atoms with Crippen molar-refractivity contribution >= 4 is 43.2 Å². The van der Waals surface area contributed by atoms with Crippen LogP contribution in [0.3, 0.4) is 0 Å². The molecule has 0 unspecified atom stereocenters. The maximum Gasteiger partial charge on any atom is 0.132 e. The van der Waals surface area contributed by atoms with Gasteiger partial charge in [0.2, 0.25) is 0 Å². The van der Waals surface area contributed by atoms with E-state index < -0.39 is 0 Å². The Hall–Kier alpha value is -0.130. The van der Waals surface area contributed by atoms with E-state index in [1.165, 1.54) is 0 Å². The summed E-state index contributed by atoms with van der Waals surface area (Å²) < 4.78 is 6.79. The van der Waals surface area contributed by atoms with Gasteiger partial charge < -0.3 is 4.42 Å². The minimum atomic E-state index is 0.837. The van der Waals surface area contributed by atoms with E-state index in [1.807, 2.05) is 6.07 Å². The molecule has 2 aromatic rings. The monoisotopic (exact) mass is 307 g/mol. The van der Waals surface area contributed by atoms with Gasteiger partial charge in [-0.25, -0.2) is 4.98 Å². The first-order chi connectivity index (χ1) is 5.77. The summed E-state index contributed by atoms with van der Waals surface area (Å²) in [4.78, 5) is 4.28. The zero-order valence-electron chi connectivity index (χ0n) is 5.75. The molecule has 0 aromatic carbocycles. The van der Waals surface area contributed by atoms with Crippen LogP contribution in [-0.4, -0.2) is 4.98 Å². The van der Waals surface area contributed by atoms with Gasteiger partial charge in [-0.1, -0.05) is 0 Å². The van der Waals surface area contributed by atoms with Crippen LogP contribution < -0.4 is 0 Å². The van der Waals surface area contributed by atoms with Gasteiger partial charge >= 0.3 is 0 Å². The van der Waals surface area contributed by atoms with Crippen molar-refractivity contribution in [1.82, 2.24) is 4.98 Å². The first-order valence-electron chi connectivity index (χ1n) is 3.12. The smallest absolute Gasteiger partial charge is 0.132 e. The predicted molar refractivity (Wildman–Crippen MR) is 55.2 cm³/mol. The molecule has 2 heterocycles. The quantitative estimate of drug-likeness (QED) is 0.798. The standard InChI is InChI=1S/C7H3Br2NOS/c8-5-6(9)12-7(10-5)4-1-2-11-3-4/h1-3H. The summed E-state index contributed by atoms with van der Waals surface area (Å²) in [5, 5.41) is 0.947. The van der Waals surface area contributed by atoms with Gasteiger partial charge in [0.15, 0.2) is 0 Å². The van der Waals surface area contributed by atoms with Crippen LogP contribution >= 0.6 is 43.2 Å². The molecule has 0 aliphatic carbocycles. The Bertz CT molecular complexity index is 363. The molecule has 0 bridgehead atoms. The Morgan fingerprint density at radius 2 is 2.25 bits per heavy atom. The number of thiazole rings is 1. The minimum Gasteiger partial charge on any atom is -0.472 e. The summed E-state index contributed by atoms with van der Waals surface area (Å²) in [6, 6.07) is 1.89. The van der Waals surface area contributed by atoms with Crippen molar-refractivity contribution in [1.29, 1.82) is 0 Å². The second kappa shape index (κ2) is 3.32. The molecule has 62 valence electrons. The van der Waals surface area contributed by atoms with Crippen molar-refractivity contribution in [2.75, 3.05) is 0 Å². The van der Waals surface area contributed by atoms with E-state index in [2.05, 4.69) is 36.8 Å². The van der Waals surface area contributed by atoms with Crippen LogP contribution in [-0.2, 0) is 0 Å². The maximum absolute atomic E-state index is 4.95. The highest BCUT2D eigenvalue weighted by molar-refractivity contribution is 9.13. The fourth-order valence-corrected chi connectivity index (χ4v) is 2.55. The van der Waals surface area contributed by atoms with Gasteiger partial charge in [0.05, 0.1) is 6.26 Å². The average molecular weight is 309 g/mol. The highest BCUT2D eigenvalue weighted by Gasteiger charge is 2.08. The van der Waals surface area contributed by atoms with Crippen LogP contribution in [0.15, 0.2) is 31.4 Å². The second-order valence-corrected chi connectivity index (χ2v) is 5.16. The Labute approximate surface area is 89.9 Å². The molecular weight excluding hydrogens is 306 g/mol. The van der Waals surface area contributed by atoms with E-state index in [-0.39, 0.29) is 0 Å². The summed E-state index contributed by atoms with van der Waals surface area (Å²) in [5.74, 6) is 0. The van der Waals surface area contributed by atoms with Gasteiger partial charge in [-0.15, -0.1) is 11.3 Å². The van der Waals surface area contributed by atoms with Crippen LogP contribution in [0.25, 0.3) is 10.6 Å². The summed E-state index contributed by atoms with van der Waals surface area (Å²) in [7, 11) is 0. The van der Waals surface area contributed by atoms with Crippen LogP contribution in [0, 0.1) is 0 Å². The zero-order valence-corrected chi connectivity index (χ0v) is 9.74. The van der Waals surface area contributed by atoms with Crippen molar-refractivity contribution in [2.45, 2.75) is 0 Å². The lowest BCUT2D eigenvalue weighted by molar-refractivity contribution is 0.568. The van der Waals surface area contributed by atoms with Crippen LogP contribution in [0.2, 0.25) is 0 Å². The molecule has 0 aliphatic heterocycles. The van der Waals surface area contributed by atoms with E-state index in [0.717, 1.165) is 19.0 Å². The lowest BCUT2D eigenvalue weighted by atomic mass is 10.4. The molecule has 0 saturated heterocycles. The summed E-state index contributed by atoms with van der Waals surface area (Å²) in [6.45, 7) is 0. The lowest BCUT2D eigenvalue weighted by Gasteiger charge is -1.82. The molecule has 0 amide bonds. The van der Waals surface area contributed by atoms with Crippen LogP contribution in [0.1, 0.15) is 0 Å². The molecule has 2 nitrogen and oxygen atoms in total. The molecule has 0 atom stereocenters. The number of nitrogens with zero attached hydrogens (tertiary/aromatic N) is 1. The molecule has 0 spiro atoms. The highest BCUT2D eigenvalue weighted by atomic mass is 79.9. The van der Waals surface area contributed by atoms with E-state index in [4.69, 9.17) is 4.42 Å². The van der Waals surface area contributed by atoms with E-state index in [0.29, 0.717) is 0 Å². The van der Waals surface area contributed by atoms with Gasteiger partial charge in [0, 0.05) is 5.56 Å². The third kappa shape index (κ3) is 1.48. The molecule has 0 radical (unpaired) electrons. The SMILES string of the molecule is Brc1nc(-c2ccoc2)sc1Br. The van der Waals surface area contributed by atoms with Gasteiger partial charge in [0.1, 0.15) is 19.7 Å². The maximum atomic E-state index is 4.95. The van der Waals surface area contributed by atoms with Crippen molar-refractivity contribution in [3.63, 3.8) is 0 Å².